The first-order valence-electron chi connectivity index (χ1n) is 7.30. The third kappa shape index (κ3) is 4.81. The molecule has 0 fully saturated rings. The summed E-state index contributed by atoms with van der Waals surface area (Å²) < 4.78 is 23.8. The molecule has 0 aliphatic carbocycles. The summed E-state index contributed by atoms with van der Waals surface area (Å²) in [7, 11) is 3.04. The van der Waals surface area contributed by atoms with Crippen molar-refractivity contribution in [1.82, 2.24) is 10.9 Å². The molecule has 0 saturated carbocycles. The molecule has 0 unspecified atom stereocenters. The lowest BCUT2D eigenvalue weighted by atomic mass is 10.1. The SMILES string of the molecule is COc1ccc(OC)c(/C=C/C(=O)NNC(=O)c2ccccc2F)c1. The predicted molar refractivity (Wildman–Crippen MR) is 90.6 cm³/mol. The van der Waals surface area contributed by atoms with Gasteiger partial charge in [0.05, 0.1) is 19.8 Å². The Morgan fingerprint density at radius 2 is 1.80 bits per heavy atom. The summed E-state index contributed by atoms with van der Waals surface area (Å²) in [6.45, 7) is 0. The third-order valence-corrected chi connectivity index (χ3v) is 3.27. The van der Waals surface area contributed by atoms with E-state index in [-0.39, 0.29) is 5.56 Å². The van der Waals surface area contributed by atoms with Crippen molar-refractivity contribution in [2.24, 2.45) is 0 Å². The molecule has 7 heteroatoms. The molecule has 2 N–H and O–H groups in total. The number of hydrogen-bond donors (Lipinski definition) is 2. The maximum Gasteiger partial charge on any atom is 0.272 e. The molecule has 0 radical (unpaired) electrons. The number of hydrogen-bond acceptors (Lipinski definition) is 4. The van der Waals surface area contributed by atoms with Gasteiger partial charge in [-0.15, -0.1) is 0 Å². The molecule has 2 rings (SSSR count). The van der Waals surface area contributed by atoms with E-state index >= 15 is 0 Å². The van der Waals surface area contributed by atoms with Gasteiger partial charge in [-0.25, -0.2) is 4.39 Å². The largest absolute Gasteiger partial charge is 0.497 e. The van der Waals surface area contributed by atoms with E-state index in [1.54, 1.807) is 18.2 Å². The van der Waals surface area contributed by atoms with Gasteiger partial charge in [0, 0.05) is 11.6 Å². The first-order valence-corrected chi connectivity index (χ1v) is 7.30. The summed E-state index contributed by atoms with van der Waals surface area (Å²) in [5.41, 5.74) is 4.78. The van der Waals surface area contributed by atoms with Crippen LogP contribution in [0, 0.1) is 5.82 Å². The molecule has 0 aliphatic heterocycles. The van der Waals surface area contributed by atoms with E-state index in [9.17, 15) is 14.0 Å². The van der Waals surface area contributed by atoms with Crippen molar-refractivity contribution in [3.05, 3.63) is 65.5 Å². The second-order valence-electron chi connectivity index (χ2n) is 4.86. The molecule has 0 aromatic heterocycles. The summed E-state index contributed by atoms with van der Waals surface area (Å²) >= 11 is 0. The highest BCUT2D eigenvalue weighted by molar-refractivity contribution is 5.98. The molecule has 2 amide bonds. The Bertz CT molecular complexity index is 805. The van der Waals surface area contributed by atoms with E-state index in [0.717, 1.165) is 6.07 Å². The molecule has 2 aromatic carbocycles. The lowest BCUT2D eigenvalue weighted by Gasteiger charge is -2.08. The van der Waals surface area contributed by atoms with Crippen LogP contribution in [0.4, 0.5) is 4.39 Å². The van der Waals surface area contributed by atoms with Gasteiger partial charge in [-0.1, -0.05) is 12.1 Å². The lowest BCUT2D eigenvalue weighted by molar-refractivity contribution is -0.117. The number of carbonyl (C=O) groups is 2. The second-order valence-corrected chi connectivity index (χ2v) is 4.86. The predicted octanol–water partition coefficient (Wildman–Crippen LogP) is 2.32. The molecule has 0 bridgehead atoms. The Balaban J connectivity index is 1.99. The molecule has 130 valence electrons. The first kappa shape index (κ1) is 18.0. The summed E-state index contributed by atoms with van der Waals surface area (Å²) in [4.78, 5) is 23.6. The van der Waals surface area contributed by atoms with Crippen LogP contribution in [0.15, 0.2) is 48.5 Å². The fourth-order valence-corrected chi connectivity index (χ4v) is 2.01. The van der Waals surface area contributed by atoms with Gasteiger partial charge >= 0.3 is 0 Å². The Kier molecular flexibility index (Phi) is 6.11. The molecule has 0 atom stereocenters. The van der Waals surface area contributed by atoms with Crippen LogP contribution in [0.25, 0.3) is 6.08 Å². The summed E-state index contributed by atoms with van der Waals surface area (Å²) in [5.74, 6) is -0.853. The zero-order valence-corrected chi connectivity index (χ0v) is 13.7. The second kappa shape index (κ2) is 8.49. The van der Waals surface area contributed by atoms with Crippen molar-refractivity contribution < 1.29 is 23.5 Å². The summed E-state index contributed by atoms with van der Waals surface area (Å²) in [5, 5.41) is 0. The number of nitrogens with one attached hydrogen (secondary N) is 2. The molecule has 0 heterocycles. The van der Waals surface area contributed by atoms with Crippen LogP contribution in [0.3, 0.4) is 0 Å². The molecular formula is C18H17FN2O4. The molecule has 0 spiro atoms. The molecule has 6 nitrogen and oxygen atoms in total. The van der Waals surface area contributed by atoms with Gasteiger partial charge < -0.3 is 9.47 Å². The van der Waals surface area contributed by atoms with Gasteiger partial charge in [-0.2, -0.15) is 0 Å². The minimum Gasteiger partial charge on any atom is -0.497 e. The standard InChI is InChI=1S/C18H17FN2O4/c1-24-13-8-9-16(25-2)12(11-13)7-10-17(22)20-21-18(23)14-5-3-4-6-15(14)19/h3-11H,1-2H3,(H,20,22)(H,21,23)/b10-7+. The highest BCUT2D eigenvalue weighted by atomic mass is 19.1. The number of carbonyl (C=O) groups excluding carboxylic acids is 2. The Morgan fingerprint density at radius 1 is 1.04 bits per heavy atom. The van der Waals surface area contributed by atoms with Gasteiger partial charge in [0.2, 0.25) is 0 Å². The maximum absolute atomic E-state index is 13.5. The number of halogens is 1. The lowest BCUT2D eigenvalue weighted by Crippen LogP contribution is -2.41. The average Bonchev–Trinajstić information content (AvgIpc) is 2.64. The van der Waals surface area contributed by atoms with Gasteiger partial charge in [0.25, 0.3) is 11.8 Å². The maximum atomic E-state index is 13.5. The number of rotatable bonds is 5. The smallest absolute Gasteiger partial charge is 0.272 e. The van der Waals surface area contributed by atoms with Crippen LogP contribution in [0.5, 0.6) is 11.5 Å². The molecule has 2 aromatic rings. The van der Waals surface area contributed by atoms with E-state index in [0.29, 0.717) is 17.1 Å². The molecule has 0 aliphatic rings. The van der Waals surface area contributed by atoms with E-state index in [4.69, 9.17) is 9.47 Å². The van der Waals surface area contributed by atoms with Crippen LogP contribution in [-0.2, 0) is 4.79 Å². The van der Waals surface area contributed by atoms with Crippen molar-refractivity contribution in [3.63, 3.8) is 0 Å². The highest BCUT2D eigenvalue weighted by Gasteiger charge is 2.10. The zero-order chi connectivity index (χ0) is 18.2. The van der Waals surface area contributed by atoms with Crippen molar-refractivity contribution in [3.8, 4) is 11.5 Å². The van der Waals surface area contributed by atoms with E-state index in [2.05, 4.69) is 10.9 Å². The van der Waals surface area contributed by atoms with Crippen LogP contribution in [0.1, 0.15) is 15.9 Å². The molecular weight excluding hydrogens is 327 g/mol. The van der Waals surface area contributed by atoms with E-state index < -0.39 is 17.6 Å². The normalized spacial score (nSPS) is 10.4. The van der Waals surface area contributed by atoms with Crippen LogP contribution in [0.2, 0.25) is 0 Å². The minimum absolute atomic E-state index is 0.166. The number of benzene rings is 2. The third-order valence-electron chi connectivity index (χ3n) is 3.27. The van der Waals surface area contributed by atoms with Gasteiger partial charge in [0.15, 0.2) is 0 Å². The van der Waals surface area contributed by atoms with E-state index in [1.165, 1.54) is 44.6 Å². The minimum atomic E-state index is -0.751. The first-order chi connectivity index (χ1) is 12.0. The Morgan fingerprint density at radius 3 is 2.48 bits per heavy atom. The summed E-state index contributed by atoms with van der Waals surface area (Å²) in [6, 6.07) is 10.6. The topological polar surface area (TPSA) is 76.7 Å². The van der Waals surface area contributed by atoms with Crippen LogP contribution >= 0.6 is 0 Å². The number of amides is 2. The fraction of sp³-hybridized carbons (Fsp3) is 0.111. The van der Waals surface area contributed by atoms with Crippen molar-refractivity contribution in [1.29, 1.82) is 0 Å². The number of hydrazine groups is 1. The van der Waals surface area contributed by atoms with Crippen molar-refractivity contribution in [2.75, 3.05) is 14.2 Å². The number of methoxy groups -OCH3 is 2. The van der Waals surface area contributed by atoms with Gasteiger partial charge in [0.1, 0.15) is 17.3 Å². The van der Waals surface area contributed by atoms with Gasteiger partial charge in [-0.05, 0) is 36.4 Å². The van der Waals surface area contributed by atoms with E-state index in [1.807, 2.05) is 0 Å². The quantitative estimate of drug-likeness (QED) is 0.645. The van der Waals surface area contributed by atoms with Crippen LogP contribution < -0.4 is 20.3 Å². The summed E-state index contributed by atoms with van der Waals surface area (Å²) in [6.07, 6.45) is 2.71. The monoisotopic (exact) mass is 344 g/mol. The van der Waals surface area contributed by atoms with Gasteiger partial charge in [-0.3, -0.25) is 20.4 Å². The van der Waals surface area contributed by atoms with Crippen molar-refractivity contribution >= 4 is 17.9 Å². The molecule has 25 heavy (non-hydrogen) atoms. The fourth-order valence-electron chi connectivity index (χ4n) is 2.01. The Labute approximate surface area is 144 Å². The zero-order valence-electron chi connectivity index (χ0n) is 13.7. The van der Waals surface area contributed by atoms with Crippen LogP contribution in [-0.4, -0.2) is 26.0 Å². The highest BCUT2D eigenvalue weighted by Crippen LogP contribution is 2.24. The Hall–Kier alpha value is -3.35. The number of ether oxygens (including phenoxy) is 2. The molecule has 0 saturated heterocycles. The van der Waals surface area contributed by atoms with Crippen molar-refractivity contribution in [2.45, 2.75) is 0 Å². The average molecular weight is 344 g/mol.